The Bertz CT molecular complexity index is 432. The van der Waals surface area contributed by atoms with Gasteiger partial charge in [-0.15, -0.1) is 0 Å². The Morgan fingerprint density at radius 2 is 1.79 bits per heavy atom. The van der Waals surface area contributed by atoms with Gasteiger partial charge in [-0.1, -0.05) is 13.8 Å². The topological polar surface area (TPSA) is 35.5 Å². The van der Waals surface area contributed by atoms with Crippen molar-refractivity contribution in [3.05, 3.63) is 23.8 Å². The van der Waals surface area contributed by atoms with Crippen LogP contribution in [-0.4, -0.2) is 19.5 Å². The summed E-state index contributed by atoms with van der Waals surface area (Å²) >= 11 is 0. The zero-order valence-electron chi connectivity index (χ0n) is 11.9. The number of hydrogen-bond acceptors (Lipinski definition) is 3. The number of aldehydes is 1. The van der Waals surface area contributed by atoms with Crippen LogP contribution in [0.5, 0.6) is 11.5 Å². The first-order chi connectivity index (χ1) is 9.12. The second kappa shape index (κ2) is 6.09. The summed E-state index contributed by atoms with van der Waals surface area (Å²) in [5.41, 5.74) is 0.618. The van der Waals surface area contributed by atoms with Gasteiger partial charge in [-0.05, 0) is 49.3 Å². The zero-order chi connectivity index (χ0) is 13.8. The standard InChI is InChI=1S/C16H22O3/c1-11-6-12(2)8-14(7-11)19-16-9-13(10-17)4-5-15(16)18-3/h4-5,9-12,14H,6-8H2,1-3H3. The highest BCUT2D eigenvalue weighted by molar-refractivity contribution is 5.76. The molecule has 1 aliphatic rings. The predicted molar refractivity (Wildman–Crippen MR) is 75.0 cm³/mol. The summed E-state index contributed by atoms with van der Waals surface area (Å²) in [6.07, 6.45) is 4.45. The van der Waals surface area contributed by atoms with E-state index in [0.29, 0.717) is 28.9 Å². The highest BCUT2D eigenvalue weighted by Crippen LogP contribution is 2.35. The van der Waals surface area contributed by atoms with Gasteiger partial charge in [-0.25, -0.2) is 0 Å². The molecule has 0 radical (unpaired) electrons. The van der Waals surface area contributed by atoms with Crippen molar-refractivity contribution >= 4 is 6.29 Å². The van der Waals surface area contributed by atoms with E-state index >= 15 is 0 Å². The number of benzene rings is 1. The Morgan fingerprint density at radius 3 is 2.37 bits per heavy atom. The summed E-state index contributed by atoms with van der Waals surface area (Å²) in [7, 11) is 1.62. The second-order valence-corrected chi connectivity index (χ2v) is 5.69. The third-order valence-electron chi connectivity index (χ3n) is 3.75. The van der Waals surface area contributed by atoms with Gasteiger partial charge in [0.15, 0.2) is 11.5 Å². The summed E-state index contributed by atoms with van der Waals surface area (Å²) < 4.78 is 11.4. The monoisotopic (exact) mass is 262 g/mol. The highest BCUT2D eigenvalue weighted by atomic mass is 16.5. The first-order valence-corrected chi connectivity index (χ1v) is 6.92. The molecule has 0 N–H and O–H groups in total. The molecule has 19 heavy (non-hydrogen) atoms. The maximum atomic E-state index is 10.9. The van der Waals surface area contributed by atoms with Crippen LogP contribution < -0.4 is 9.47 Å². The van der Waals surface area contributed by atoms with Crippen LogP contribution in [0.2, 0.25) is 0 Å². The van der Waals surface area contributed by atoms with Crippen LogP contribution in [-0.2, 0) is 0 Å². The zero-order valence-corrected chi connectivity index (χ0v) is 11.9. The number of rotatable bonds is 4. The predicted octanol–water partition coefficient (Wildman–Crippen LogP) is 3.71. The van der Waals surface area contributed by atoms with Gasteiger partial charge >= 0.3 is 0 Å². The summed E-state index contributed by atoms with van der Waals surface area (Å²) in [6, 6.07) is 5.29. The van der Waals surface area contributed by atoms with Gasteiger partial charge in [-0.2, -0.15) is 0 Å². The minimum absolute atomic E-state index is 0.217. The maximum absolute atomic E-state index is 10.9. The summed E-state index contributed by atoms with van der Waals surface area (Å²) in [5, 5.41) is 0. The van der Waals surface area contributed by atoms with E-state index in [1.807, 2.05) is 0 Å². The first-order valence-electron chi connectivity index (χ1n) is 6.92. The Kier molecular flexibility index (Phi) is 4.46. The van der Waals surface area contributed by atoms with Gasteiger partial charge < -0.3 is 9.47 Å². The van der Waals surface area contributed by atoms with Crippen molar-refractivity contribution in [1.29, 1.82) is 0 Å². The third kappa shape index (κ3) is 3.49. The number of methoxy groups -OCH3 is 1. The van der Waals surface area contributed by atoms with E-state index in [0.717, 1.165) is 19.1 Å². The number of carbonyl (C=O) groups is 1. The molecule has 2 unspecified atom stereocenters. The van der Waals surface area contributed by atoms with Crippen LogP contribution >= 0.6 is 0 Å². The van der Waals surface area contributed by atoms with Crippen molar-refractivity contribution in [3.63, 3.8) is 0 Å². The van der Waals surface area contributed by atoms with E-state index in [1.54, 1.807) is 25.3 Å². The molecule has 1 saturated carbocycles. The molecule has 1 fully saturated rings. The molecule has 0 saturated heterocycles. The average Bonchev–Trinajstić information content (AvgIpc) is 2.37. The van der Waals surface area contributed by atoms with Gasteiger partial charge in [0.2, 0.25) is 0 Å². The summed E-state index contributed by atoms with van der Waals surface area (Å²) in [5.74, 6) is 2.75. The summed E-state index contributed by atoms with van der Waals surface area (Å²) in [6.45, 7) is 4.54. The Morgan fingerprint density at radius 1 is 1.11 bits per heavy atom. The third-order valence-corrected chi connectivity index (χ3v) is 3.75. The molecule has 0 heterocycles. The Labute approximate surface area is 114 Å². The first kappa shape index (κ1) is 13.9. The average molecular weight is 262 g/mol. The minimum Gasteiger partial charge on any atom is -0.493 e. The maximum Gasteiger partial charge on any atom is 0.162 e. The van der Waals surface area contributed by atoms with Crippen LogP contribution in [0.4, 0.5) is 0 Å². The molecule has 2 atom stereocenters. The molecular weight excluding hydrogens is 240 g/mol. The second-order valence-electron chi connectivity index (χ2n) is 5.69. The SMILES string of the molecule is COc1ccc(C=O)cc1OC1CC(C)CC(C)C1. The molecule has 0 bridgehead atoms. The molecular formula is C16H22O3. The molecule has 1 aliphatic carbocycles. The van der Waals surface area contributed by atoms with Gasteiger partial charge in [0, 0.05) is 5.56 Å². The highest BCUT2D eigenvalue weighted by Gasteiger charge is 2.26. The smallest absolute Gasteiger partial charge is 0.162 e. The molecule has 0 spiro atoms. The molecule has 0 aromatic heterocycles. The lowest BCUT2D eigenvalue weighted by atomic mass is 9.82. The number of hydrogen-bond donors (Lipinski definition) is 0. The summed E-state index contributed by atoms with van der Waals surface area (Å²) in [4.78, 5) is 10.9. The van der Waals surface area contributed by atoms with Gasteiger partial charge in [0.1, 0.15) is 6.29 Å². The molecule has 0 amide bonds. The van der Waals surface area contributed by atoms with E-state index in [9.17, 15) is 4.79 Å². The van der Waals surface area contributed by atoms with Crippen LogP contribution in [0.25, 0.3) is 0 Å². The minimum atomic E-state index is 0.217. The van der Waals surface area contributed by atoms with Crippen molar-refractivity contribution in [2.45, 2.75) is 39.2 Å². The molecule has 1 aromatic rings. The fraction of sp³-hybridized carbons (Fsp3) is 0.562. The molecule has 1 aromatic carbocycles. The molecule has 0 aliphatic heterocycles. The van der Waals surface area contributed by atoms with Crippen LogP contribution in [0.15, 0.2) is 18.2 Å². The van der Waals surface area contributed by atoms with E-state index in [1.165, 1.54) is 6.42 Å². The molecule has 3 heteroatoms. The van der Waals surface area contributed by atoms with Crippen molar-refractivity contribution in [3.8, 4) is 11.5 Å². The van der Waals surface area contributed by atoms with Gasteiger partial charge in [0.05, 0.1) is 13.2 Å². The van der Waals surface area contributed by atoms with Crippen molar-refractivity contribution < 1.29 is 14.3 Å². The lowest BCUT2D eigenvalue weighted by Gasteiger charge is -2.32. The van der Waals surface area contributed by atoms with E-state index in [4.69, 9.17) is 9.47 Å². The Hall–Kier alpha value is -1.51. The lowest BCUT2D eigenvalue weighted by molar-refractivity contribution is 0.0975. The Balaban J connectivity index is 2.14. The van der Waals surface area contributed by atoms with Crippen molar-refractivity contribution in [1.82, 2.24) is 0 Å². The fourth-order valence-electron chi connectivity index (χ4n) is 3.01. The van der Waals surface area contributed by atoms with Crippen molar-refractivity contribution in [2.24, 2.45) is 11.8 Å². The van der Waals surface area contributed by atoms with Crippen LogP contribution in [0, 0.1) is 11.8 Å². The quantitative estimate of drug-likeness (QED) is 0.776. The van der Waals surface area contributed by atoms with Crippen LogP contribution in [0.3, 0.4) is 0 Å². The van der Waals surface area contributed by atoms with E-state index in [-0.39, 0.29) is 6.10 Å². The normalized spacial score (nSPS) is 26.8. The van der Waals surface area contributed by atoms with Crippen molar-refractivity contribution in [2.75, 3.05) is 7.11 Å². The van der Waals surface area contributed by atoms with E-state index < -0.39 is 0 Å². The fourth-order valence-corrected chi connectivity index (χ4v) is 3.01. The molecule has 3 nitrogen and oxygen atoms in total. The number of ether oxygens (including phenoxy) is 2. The lowest BCUT2D eigenvalue weighted by Crippen LogP contribution is -2.28. The van der Waals surface area contributed by atoms with E-state index in [2.05, 4.69) is 13.8 Å². The number of carbonyl (C=O) groups excluding carboxylic acids is 1. The van der Waals surface area contributed by atoms with Crippen LogP contribution in [0.1, 0.15) is 43.5 Å². The molecule has 104 valence electrons. The van der Waals surface area contributed by atoms with Gasteiger partial charge in [0.25, 0.3) is 0 Å². The van der Waals surface area contributed by atoms with Gasteiger partial charge in [-0.3, -0.25) is 4.79 Å². The molecule has 2 rings (SSSR count). The largest absolute Gasteiger partial charge is 0.493 e.